The van der Waals surface area contributed by atoms with Gasteiger partial charge in [0.2, 0.25) is 5.91 Å². The summed E-state index contributed by atoms with van der Waals surface area (Å²) in [4.78, 5) is 12.9. The highest BCUT2D eigenvalue weighted by molar-refractivity contribution is 7.92. The standard InChI is InChI=1S/C26H30N2O4S/c1-20-12-14-25(15-13-20)33(30,31)28(23-10-4-7-21(2)17-23)19-26(29)27-16-6-9-22-8-5-11-24(18-22)32-3/h4-5,7-8,10-15,17-18H,6,9,16,19H2,1-3H3,(H,27,29). The van der Waals surface area contributed by atoms with Crippen LogP contribution in [0.3, 0.4) is 0 Å². The van der Waals surface area contributed by atoms with Crippen LogP contribution >= 0.6 is 0 Å². The van der Waals surface area contributed by atoms with Gasteiger partial charge in [-0.15, -0.1) is 0 Å². The maximum atomic E-state index is 13.4. The second kappa shape index (κ2) is 11.0. The zero-order valence-corrected chi connectivity index (χ0v) is 20.1. The number of rotatable bonds is 10. The summed E-state index contributed by atoms with van der Waals surface area (Å²) in [7, 11) is -2.28. The number of nitrogens with one attached hydrogen (secondary N) is 1. The van der Waals surface area contributed by atoms with Crippen molar-refractivity contribution in [3.63, 3.8) is 0 Å². The zero-order chi connectivity index (χ0) is 23.8. The highest BCUT2D eigenvalue weighted by Gasteiger charge is 2.27. The van der Waals surface area contributed by atoms with Crippen LogP contribution in [0.5, 0.6) is 5.75 Å². The van der Waals surface area contributed by atoms with Gasteiger partial charge in [0.25, 0.3) is 10.0 Å². The van der Waals surface area contributed by atoms with E-state index in [1.807, 2.05) is 44.2 Å². The second-order valence-electron chi connectivity index (χ2n) is 7.97. The Bertz CT molecular complexity index is 1190. The molecule has 0 saturated carbocycles. The molecule has 0 heterocycles. The van der Waals surface area contributed by atoms with Crippen LogP contribution in [0.1, 0.15) is 23.1 Å². The van der Waals surface area contributed by atoms with Crippen LogP contribution in [0.4, 0.5) is 5.69 Å². The second-order valence-corrected chi connectivity index (χ2v) is 9.83. The number of hydrogen-bond donors (Lipinski definition) is 1. The zero-order valence-electron chi connectivity index (χ0n) is 19.2. The molecule has 0 spiro atoms. The molecule has 0 fully saturated rings. The first-order valence-corrected chi connectivity index (χ1v) is 12.3. The third-order valence-corrected chi connectivity index (χ3v) is 7.07. The molecular weight excluding hydrogens is 436 g/mol. The van der Waals surface area contributed by atoms with Crippen molar-refractivity contribution in [3.8, 4) is 5.75 Å². The Morgan fingerprint density at radius 1 is 0.939 bits per heavy atom. The third-order valence-electron chi connectivity index (χ3n) is 5.28. The Morgan fingerprint density at radius 3 is 2.36 bits per heavy atom. The average molecular weight is 467 g/mol. The highest BCUT2D eigenvalue weighted by Crippen LogP contribution is 2.24. The number of benzene rings is 3. The molecule has 1 N–H and O–H groups in total. The number of anilines is 1. The minimum atomic E-state index is -3.91. The van der Waals surface area contributed by atoms with Gasteiger partial charge in [0.15, 0.2) is 0 Å². The quantitative estimate of drug-likeness (QED) is 0.453. The van der Waals surface area contributed by atoms with E-state index in [2.05, 4.69) is 5.32 Å². The molecule has 3 aromatic carbocycles. The van der Waals surface area contributed by atoms with Crippen LogP contribution in [0.2, 0.25) is 0 Å². The average Bonchev–Trinajstić information content (AvgIpc) is 2.80. The van der Waals surface area contributed by atoms with Crippen LogP contribution in [0.15, 0.2) is 77.7 Å². The minimum absolute atomic E-state index is 0.153. The Labute approximate surface area is 196 Å². The number of amides is 1. The molecule has 0 aliphatic carbocycles. The summed E-state index contributed by atoms with van der Waals surface area (Å²) >= 11 is 0. The van der Waals surface area contributed by atoms with E-state index in [4.69, 9.17) is 4.74 Å². The van der Waals surface area contributed by atoms with Gasteiger partial charge in [-0.1, -0.05) is 42.0 Å². The lowest BCUT2D eigenvalue weighted by Crippen LogP contribution is -2.41. The van der Waals surface area contributed by atoms with Crippen molar-refractivity contribution in [1.82, 2.24) is 5.32 Å². The molecule has 3 aromatic rings. The number of hydrogen-bond acceptors (Lipinski definition) is 4. The van der Waals surface area contributed by atoms with Crippen molar-refractivity contribution in [1.29, 1.82) is 0 Å². The van der Waals surface area contributed by atoms with Crippen LogP contribution in [0, 0.1) is 13.8 Å². The molecule has 174 valence electrons. The van der Waals surface area contributed by atoms with E-state index in [-0.39, 0.29) is 17.3 Å². The Balaban J connectivity index is 1.69. The van der Waals surface area contributed by atoms with Crippen LogP contribution in [0.25, 0.3) is 0 Å². The molecule has 7 heteroatoms. The highest BCUT2D eigenvalue weighted by atomic mass is 32.2. The van der Waals surface area contributed by atoms with Gasteiger partial charge in [0.05, 0.1) is 17.7 Å². The molecule has 0 aliphatic rings. The predicted molar refractivity (Wildman–Crippen MR) is 131 cm³/mol. The van der Waals surface area contributed by atoms with Gasteiger partial charge in [-0.05, 0) is 74.2 Å². The Morgan fingerprint density at radius 2 is 1.67 bits per heavy atom. The van der Waals surface area contributed by atoms with Crippen molar-refractivity contribution in [2.75, 3.05) is 24.5 Å². The van der Waals surface area contributed by atoms with E-state index in [1.54, 1.807) is 49.6 Å². The molecule has 0 aromatic heterocycles. The lowest BCUT2D eigenvalue weighted by atomic mass is 10.1. The number of carbonyl (C=O) groups excluding carboxylic acids is 1. The summed E-state index contributed by atoms with van der Waals surface area (Å²) in [6.07, 6.45) is 1.51. The number of aryl methyl sites for hydroxylation is 3. The lowest BCUT2D eigenvalue weighted by molar-refractivity contribution is -0.119. The first-order valence-electron chi connectivity index (χ1n) is 10.9. The van der Waals surface area contributed by atoms with Gasteiger partial charge in [-0.2, -0.15) is 0 Å². The number of nitrogens with zero attached hydrogens (tertiary/aromatic N) is 1. The molecule has 0 unspecified atom stereocenters. The fraction of sp³-hybridized carbons (Fsp3) is 0.269. The smallest absolute Gasteiger partial charge is 0.264 e. The molecule has 6 nitrogen and oxygen atoms in total. The van der Waals surface area contributed by atoms with E-state index in [0.717, 1.165) is 35.3 Å². The molecule has 0 saturated heterocycles. The molecule has 3 rings (SSSR count). The Kier molecular flexibility index (Phi) is 8.11. The van der Waals surface area contributed by atoms with E-state index < -0.39 is 10.0 Å². The van der Waals surface area contributed by atoms with Crippen LogP contribution in [-0.2, 0) is 21.2 Å². The largest absolute Gasteiger partial charge is 0.497 e. The summed E-state index contributed by atoms with van der Waals surface area (Å²) in [5.41, 5.74) is 3.45. The van der Waals surface area contributed by atoms with E-state index in [1.165, 1.54) is 4.31 Å². The van der Waals surface area contributed by atoms with E-state index in [9.17, 15) is 13.2 Å². The number of ether oxygens (including phenoxy) is 1. The van der Waals surface area contributed by atoms with Gasteiger partial charge in [-0.3, -0.25) is 9.10 Å². The number of methoxy groups -OCH3 is 1. The maximum Gasteiger partial charge on any atom is 0.264 e. The third kappa shape index (κ3) is 6.58. The molecule has 0 atom stereocenters. The summed E-state index contributed by atoms with van der Waals surface area (Å²) in [5, 5.41) is 2.85. The fourth-order valence-electron chi connectivity index (χ4n) is 3.47. The molecule has 0 radical (unpaired) electrons. The summed E-state index contributed by atoms with van der Waals surface area (Å²) in [6.45, 7) is 3.94. The van der Waals surface area contributed by atoms with Crippen molar-refractivity contribution < 1.29 is 17.9 Å². The topological polar surface area (TPSA) is 75.7 Å². The van der Waals surface area contributed by atoms with Gasteiger partial charge < -0.3 is 10.1 Å². The van der Waals surface area contributed by atoms with Gasteiger partial charge in [0, 0.05) is 6.54 Å². The van der Waals surface area contributed by atoms with Gasteiger partial charge in [0.1, 0.15) is 12.3 Å². The molecule has 1 amide bonds. The van der Waals surface area contributed by atoms with Crippen molar-refractivity contribution in [3.05, 3.63) is 89.5 Å². The SMILES string of the molecule is COc1cccc(CCCNC(=O)CN(c2cccc(C)c2)S(=O)(=O)c2ccc(C)cc2)c1. The molecule has 33 heavy (non-hydrogen) atoms. The normalized spacial score (nSPS) is 11.1. The maximum absolute atomic E-state index is 13.4. The minimum Gasteiger partial charge on any atom is -0.497 e. The van der Waals surface area contributed by atoms with Crippen LogP contribution in [-0.4, -0.2) is 34.5 Å². The van der Waals surface area contributed by atoms with Gasteiger partial charge >= 0.3 is 0 Å². The van der Waals surface area contributed by atoms with E-state index >= 15 is 0 Å². The molecule has 0 bridgehead atoms. The first-order chi connectivity index (χ1) is 15.8. The van der Waals surface area contributed by atoms with Gasteiger partial charge in [-0.25, -0.2) is 8.42 Å². The molecular formula is C26H30N2O4S. The fourth-order valence-corrected chi connectivity index (χ4v) is 4.88. The first kappa shape index (κ1) is 24.3. The van der Waals surface area contributed by atoms with Crippen molar-refractivity contribution in [2.24, 2.45) is 0 Å². The monoisotopic (exact) mass is 466 g/mol. The summed E-state index contributed by atoms with van der Waals surface area (Å²) < 4.78 is 33.2. The lowest BCUT2D eigenvalue weighted by Gasteiger charge is -2.24. The summed E-state index contributed by atoms with van der Waals surface area (Å²) in [6, 6.07) is 21.6. The van der Waals surface area contributed by atoms with Crippen molar-refractivity contribution in [2.45, 2.75) is 31.6 Å². The van der Waals surface area contributed by atoms with Crippen LogP contribution < -0.4 is 14.4 Å². The molecule has 0 aliphatic heterocycles. The number of carbonyl (C=O) groups is 1. The van der Waals surface area contributed by atoms with Crippen molar-refractivity contribution >= 4 is 21.6 Å². The van der Waals surface area contributed by atoms with E-state index in [0.29, 0.717) is 12.2 Å². The Hall–Kier alpha value is -3.32. The number of sulfonamides is 1. The summed E-state index contributed by atoms with van der Waals surface area (Å²) in [5.74, 6) is 0.449. The predicted octanol–water partition coefficient (Wildman–Crippen LogP) is 4.26.